The third-order valence-corrected chi connectivity index (χ3v) is 7.84. The van der Waals surface area contributed by atoms with Gasteiger partial charge in [0.2, 0.25) is 0 Å². The van der Waals surface area contributed by atoms with Crippen LogP contribution in [0, 0.1) is 0 Å². The van der Waals surface area contributed by atoms with Crippen LogP contribution in [-0.4, -0.2) is 69.7 Å². The lowest BCUT2D eigenvalue weighted by molar-refractivity contribution is -0.767. The number of nitrogens with zero attached hydrogens (tertiary/aromatic N) is 1. The number of quaternary nitrogens is 1. The molecule has 0 fully saturated rings. The standard InChI is InChI=1S/C11H28NO6SSi/c1-7-10-18-19(13,14)12(2,3)9-8-11-20(15-4,16-5)17-6/h7-11H2,1-6H3/q+1. The Labute approximate surface area is 124 Å². The molecule has 0 N–H and O–H groups in total. The van der Waals surface area contributed by atoms with Crippen molar-refractivity contribution in [1.82, 2.24) is 0 Å². The third-order valence-electron chi connectivity index (χ3n) is 3.15. The Bertz CT molecular complexity index is 361. The van der Waals surface area contributed by atoms with E-state index in [9.17, 15) is 8.42 Å². The predicted octanol–water partition coefficient (Wildman–Crippen LogP) is 1.00. The zero-order valence-corrected chi connectivity index (χ0v) is 15.2. The molecule has 0 aromatic carbocycles. The lowest BCUT2D eigenvalue weighted by atomic mass is 10.4. The molecule has 7 nitrogen and oxygen atoms in total. The molecular formula is C11H28NO6SSi+. The van der Waals surface area contributed by atoms with Crippen molar-refractivity contribution in [3.8, 4) is 0 Å². The van der Waals surface area contributed by atoms with Crippen molar-refractivity contribution in [2.75, 3.05) is 48.6 Å². The molecule has 122 valence electrons. The quantitative estimate of drug-likeness (QED) is 0.416. The molecule has 0 bridgehead atoms. The Morgan fingerprint density at radius 1 is 1.05 bits per heavy atom. The van der Waals surface area contributed by atoms with Crippen molar-refractivity contribution in [1.29, 1.82) is 0 Å². The summed E-state index contributed by atoms with van der Waals surface area (Å²) in [6.45, 7) is 2.47. The van der Waals surface area contributed by atoms with Gasteiger partial charge >= 0.3 is 19.1 Å². The zero-order chi connectivity index (χ0) is 15.9. The summed E-state index contributed by atoms with van der Waals surface area (Å²) >= 11 is 0. The average molecular weight is 330 g/mol. The molecule has 0 amide bonds. The van der Waals surface area contributed by atoms with Crippen molar-refractivity contribution in [2.45, 2.75) is 25.8 Å². The maximum atomic E-state index is 12.0. The van der Waals surface area contributed by atoms with Crippen molar-refractivity contribution in [2.24, 2.45) is 0 Å². The van der Waals surface area contributed by atoms with Crippen LogP contribution in [0.4, 0.5) is 0 Å². The summed E-state index contributed by atoms with van der Waals surface area (Å²) in [6.07, 6.45) is 1.26. The highest BCUT2D eigenvalue weighted by Gasteiger charge is 2.40. The molecule has 20 heavy (non-hydrogen) atoms. The second-order valence-electron chi connectivity index (χ2n) is 4.95. The van der Waals surface area contributed by atoms with E-state index in [1.807, 2.05) is 6.92 Å². The second kappa shape index (κ2) is 8.42. The Balaban J connectivity index is 4.56. The Hall–Kier alpha value is -0.0331. The van der Waals surface area contributed by atoms with Crippen LogP contribution >= 0.6 is 0 Å². The van der Waals surface area contributed by atoms with Gasteiger partial charge in [0.05, 0.1) is 27.2 Å². The van der Waals surface area contributed by atoms with Crippen LogP contribution in [0.5, 0.6) is 0 Å². The van der Waals surface area contributed by atoms with E-state index >= 15 is 0 Å². The van der Waals surface area contributed by atoms with Gasteiger partial charge in [-0.05, 0) is 6.42 Å². The minimum absolute atomic E-state index is 0.205. The number of hydrogen-bond donors (Lipinski definition) is 0. The second-order valence-corrected chi connectivity index (χ2v) is 10.1. The summed E-state index contributed by atoms with van der Waals surface area (Å²) in [5.41, 5.74) is 0. The van der Waals surface area contributed by atoms with E-state index in [4.69, 9.17) is 17.5 Å². The third kappa shape index (κ3) is 5.39. The summed E-state index contributed by atoms with van der Waals surface area (Å²) in [4.78, 5) is 0. The lowest BCUT2D eigenvalue weighted by Gasteiger charge is -2.29. The van der Waals surface area contributed by atoms with Crippen molar-refractivity contribution in [3.05, 3.63) is 0 Å². The van der Waals surface area contributed by atoms with E-state index in [0.717, 1.165) is 0 Å². The molecule has 0 atom stereocenters. The number of hydrogen-bond acceptors (Lipinski definition) is 6. The lowest BCUT2D eigenvalue weighted by Crippen LogP contribution is -2.49. The first-order valence-corrected chi connectivity index (χ1v) is 9.88. The van der Waals surface area contributed by atoms with Crippen molar-refractivity contribution in [3.63, 3.8) is 0 Å². The van der Waals surface area contributed by atoms with Gasteiger partial charge in [0.15, 0.2) is 0 Å². The van der Waals surface area contributed by atoms with E-state index < -0.39 is 19.1 Å². The van der Waals surface area contributed by atoms with Gasteiger partial charge in [0.25, 0.3) is 0 Å². The first kappa shape index (κ1) is 20.0. The SMILES string of the molecule is CCCOS(=O)(=O)[N+](C)(C)CCC[Si](OC)(OC)OC. The van der Waals surface area contributed by atoms with Crippen LogP contribution in [0.1, 0.15) is 19.8 Å². The van der Waals surface area contributed by atoms with Crippen LogP contribution in [-0.2, 0) is 27.8 Å². The highest BCUT2D eigenvalue weighted by Crippen LogP contribution is 2.19. The van der Waals surface area contributed by atoms with Crippen LogP contribution in [0.3, 0.4) is 0 Å². The van der Waals surface area contributed by atoms with Crippen LogP contribution in [0.25, 0.3) is 0 Å². The van der Waals surface area contributed by atoms with Gasteiger partial charge in [0.1, 0.15) is 0 Å². The monoisotopic (exact) mass is 330 g/mol. The largest absolute Gasteiger partial charge is 0.500 e. The van der Waals surface area contributed by atoms with Gasteiger partial charge in [0, 0.05) is 33.8 Å². The fraction of sp³-hybridized carbons (Fsp3) is 1.00. The smallest absolute Gasteiger partial charge is 0.377 e. The van der Waals surface area contributed by atoms with Gasteiger partial charge in [-0.3, -0.25) is 0 Å². The normalized spacial score (nSPS) is 13.7. The highest BCUT2D eigenvalue weighted by atomic mass is 32.2. The minimum Gasteiger partial charge on any atom is -0.377 e. The van der Waals surface area contributed by atoms with E-state index in [0.29, 0.717) is 25.4 Å². The molecule has 0 rings (SSSR count). The Morgan fingerprint density at radius 3 is 1.95 bits per heavy atom. The average Bonchev–Trinajstić information content (AvgIpc) is 2.41. The molecule has 0 aromatic heterocycles. The molecule has 0 aliphatic rings. The minimum atomic E-state index is -3.63. The highest BCUT2D eigenvalue weighted by molar-refractivity contribution is 7.81. The summed E-state index contributed by atoms with van der Waals surface area (Å²) in [5.74, 6) is 0. The summed E-state index contributed by atoms with van der Waals surface area (Å²) in [7, 11) is 1.57. The first-order valence-electron chi connectivity index (χ1n) is 6.58. The topological polar surface area (TPSA) is 71.1 Å². The number of rotatable bonds is 11. The van der Waals surface area contributed by atoms with E-state index in [1.165, 1.54) is 0 Å². The van der Waals surface area contributed by atoms with Gasteiger partial charge in [-0.1, -0.05) is 6.92 Å². The fourth-order valence-corrected chi connectivity index (χ4v) is 4.39. The van der Waals surface area contributed by atoms with E-state index in [-0.39, 0.29) is 10.5 Å². The Morgan fingerprint density at radius 2 is 1.55 bits per heavy atom. The molecule has 9 heteroatoms. The molecule has 0 saturated carbocycles. The molecular weight excluding hydrogens is 302 g/mol. The van der Waals surface area contributed by atoms with Crippen LogP contribution in [0.15, 0.2) is 0 Å². The molecule has 0 spiro atoms. The van der Waals surface area contributed by atoms with Crippen molar-refractivity contribution >= 4 is 19.1 Å². The van der Waals surface area contributed by atoms with Gasteiger partial charge < -0.3 is 13.3 Å². The fourth-order valence-electron chi connectivity index (χ4n) is 1.68. The molecule has 0 heterocycles. The predicted molar refractivity (Wildman–Crippen MR) is 78.3 cm³/mol. The molecule has 0 unspecified atom stereocenters. The van der Waals surface area contributed by atoms with Gasteiger partial charge in [-0.25, -0.2) is 4.18 Å². The maximum Gasteiger partial charge on any atom is 0.500 e. The molecule has 0 aliphatic heterocycles. The van der Waals surface area contributed by atoms with Crippen LogP contribution < -0.4 is 0 Å². The van der Waals surface area contributed by atoms with Gasteiger partial charge in [-0.15, -0.1) is 8.42 Å². The van der Waals surface area contributed by atoms with Crippen LogP contribution in [0.2, 0.25) is 6.04 Å². The summed E-state index contributed by atoms with van der Waals surface area (Å²) in [5, 5.41) is 0. The summed E-state index contributed by atoms with van der Waals surface area (Å²) in [6, 6.07) is 0.557. The molecule has 0 radical (unpaired) electrons. The Kier molecular flexibility index (Phi) is 8.41. The summed E-state index contributed by atoms with van der Waals surface area (Å²) < 4.78 is 44.8. The molecule has 0 saturated heterocycles. The maximum absolute atomic E-state index is 12.0. The first-order chi connectivity index (χ1) is 9.20. The van der Waals surface area contributed by atoms with E-state index in [2.05, 4.69) is 0 Å². The molecule has 0 aromatic rings. The molecule has 0 aliphatic carbocycles. The van der Waals surface area contributed by atoms with E-state index in [1.54, 1.807) is 35.4 Å². The van der Waals surface area contributed by atoms with Gasteiger partial charge in [-0.2, -0.15) is 3.89 Å². The van der Waals surface area contributed by atoms with Crippen molar-refractivity contribution < 1.29 is 29.8 Å². The zero-order valence-electron chi connectivity index (χ0n) is 13.3.